The topological polar surface area (TPSA) is 74.1 Å². The van der Waals surface area contributed by atoms with Gasteiger partial charge in [-0.2, -0.15) is 13.2 Å². The van der Waals surface area contributed by atoms with Crippen molar-refractivity contribution >= 4 is 5.82 Å². The van der Waals surface area contributed by atoms with Gasteiger partial charge in [0.25, 0.3) is 0 Å². The van der Waals surface area contributed by atoms with E-state index in [0.29, 0.717) is 41.2 Å². The fraction of sp³-hybridized carbons (Fsp3) is 0.296. The Balaban J connectivity index is 1.41. The Morgan fingerprint density at radius 2 is 1.78 bits per heavy atom. The predicted octanol–water partition coefficient (Wildman–Crippen LogP) is 6.07. The molecule has 192 valence electrons. The van der Waals surface area contributed by atoms with Crippen LogP contribution in [0.25, 0.3) is 22.8 Å². The smallest absolute Gasteiger partial charge is 0.434 e. The summed E-state index contributed by atoms with van der Waals surface area (Å²) in [6.45, 7) is 0.342. The van der Waals surface area contributed by atoms with Crippen molar-refractivity contribution < 1.29 is 22.6 Å². The van der Waals surface area contributed by atoms with Gasteiger partial charge in [-0.25, -0.2) is 15.0 Å². The monoisotopic (exact) mass is 509 g/mol. The number of alkyl halides is 3. The molecule has 0 amide bonds. The molecule has 2 aromatic heterocycles. The van der Waals surface area contributed by atoms with Crippen LogP contribution in [0.5, 0.6) is 11.5 Å². The molecule has 1 aliphatic carbocycles. The van der Waals surface area contributed by atoms with Crippen molar-refractivity contribution in [1.82, 2.24) is 19.5 Å². The third-order valence-electron chi connectivity index (χ3n) is 6.35. The molecule has 0 spiro atoms. The van der Waals surface area contributed by atoms with Crippen LogP contribution >= 0.6 is 0 Å². The summed E-state index contributed by atoms with van der Waals surface area (Å²) < 4.78 is 51.7. The summed E-state index contributed by atoms with van der Waals surface area (Å²) in [7, 11) is 4.60. The number of anilines is 1. The van der Waals surface area contributed by atoms with E-state index in [1.54, 1.807) is 31.5 Å². The molecule has 37 heavy (non-hydrogen) atoms. The molecule has 0 unspecified atom stereocenters. The molecule has 2 aromatic carbocycles. The number of hydrogen-bond donors (Lipinski definition) is 1. The quantitative estimate of drug-likeness (QED) is 0.311. The molecule has 0 aliphatic heterocycles. The minimum atomic E-state index is -4.52. The SMILES string of the molecule is COc1cc(-c2nc(C(F)(F)F)cn2C)ccc1CNc1nc(-c2ccccc2C2CC2)ncc1OC. The van der Waals surface area contributed by atoms with E-state index in [1.807, 2.05) is 18.2 Å². The molecule has 5 rings (SSSR count). The van der Waals surface area contributed by atoms with E-state index in [2.05, 4.69) is 21.4 Å². The lowest BCUT2D eigenvalue weighted by Crippen LogP contribution is -2.07. The molecule has 0 radical (unpaired) electrons. The number of benzene rings is 2. The number of halogens is 3. The highest BCUT2D eigenvalue weighted by atomic mass is 19.4. The molecule has 1 fully saturated rings. The number of nitrogens with zero attached hydrogens (tertiary/aromatic N) is 4. The third kappa shape index (κ3) is 5.09. The van der Waals surface area contributed by atoms with Crippen LogP contribution in [-0.4, -0.2) is 33.7 Å². The predicted molar refractivity (Wildman–Crippen MR) is 134 cm³/mol. The maximum Gasteiger partial charge on any atom is 0.434 e. The Morgan fingerprint density at radius 3 is 2.46 bits per heavy atom. The van der Waals surface area contributed by atoms with E-state index in [1.165, 1.54) is 37.1 Å². The summed E-state index contributed by atoms with van der Waals surface area (Å²) in [5, 5.41) is 3.30. The molecule has 0 atom stereocenters. The third-order valence-corrected chi connectivity index (χ3v) is 6.35. The second-order valence-corrected chi connectivity index (χ2v) is 8.91. The van der Waals surface area contributed by atoms with E-state index in [0.717, 1.165) is 17.3 Å². The average Bonchev–Trinajstić information content (AvgIpc) is 3.67. The first-order chi connectivity index (χ1) is 17.8. The van der Waals surface area contributed by atoms with Gasteiger partial charge in [0.1, 0.15) is 11.6 Å². The standard InChI is InChI=1S/C27H26F3N5O2/c1-35-15-23(27(28,29)30)33-26(35)17-10-11-18(21(12-17)36-2)13-31-25-22(37-3)14-32-24(34-25)20-7-5-4-6-19(20)16-8-9-16/h4-7,10-12,14-16H,8-9,13H2,1-3H3,(H,31,32,34). The lowest BCUT2D eigenvalue weighted by molar-refractivity contribution is -0.140. The fourth-order valence-electron chi connectivity index (χ4n) is 4.31. The van der Waals surface area contributed by atoms with E-state index >= 15 is 0 Å². The molecular weight excluding hydrogens is 483 g/mol. The molecule has 1 saturated carbocycles. The number of aryl methyl sites for hydroxylation is 1. The minimum Gasteiger partial charge on any atom is -0.496 e. The van der Waals surface area contributed by atoms with Gasteiger partial charge in [-0.3, -0.25) is 0 Å². The molecule has 0 bridgehead atoms. The first kappa shape index (κ1) is 24.6. The zero-order chi connectivity index (χ0) is 26.2. The summed E-state index contributed by atoms with van der Waals surface area (Å²) in [6, 6.07) is 13.4. The second kappa shape index (κ2) is 9.76. The van der Waals surface area contributed by atoms with Gasteiger partial charge in [0.15, 0.2) is 23.1 Å². The van der Waals surface area contributed by atoms with Gasteiger partial charge in [-0.1, -0.05) is 36.4 Å². The molecule has 1 aliphatic rings. The highest BCUT2D eigenvalue weighted by molar-refractivity contribution is 5.65. The highest BCUT2D eigenvalue weighted by Gasteiger charge is 2.34. The van der Waals surface area contributed by atoms with Crippen molar-refractivity contribution in [2.75, 3.05) is 19.5 Å². The van der Waals surface area contributed by atoms with Crippen molar-refractivity contribution in [3.63, 3.8) is 0 Å². The Bertz CT molecular complexity index is 1430. The van der Waals surface area contributed by atoms with Crippen LogP contribution in [0.15, 0.2) is 54.9 Å². The number of hydrogen-bond acceptors (Lipinski definition) is 6. The highest BCUT2D eigenvalue weighted by Crippen LogP contribution is 2.44. The van der Waals surface area contributed by atoms with Gasteiger partial charge in [-0.15, -0.1) is 0 Å². The lowest BCUT2D eigenvalue weighted by Gasteiger charge is -2.15. The van der Waals surface area contributed by atoms with E-state index in [4.69, 9.17) is 14.5 Å². The molecule has 4 aromatic rings. The zero-order valence-electron chi connectivity index (χ0n) is 20.6. The zero-order valence-corrected chi connectivity index (χ0v) is 20.6. The summed E-state index contributed by atoms with van der Waals surface area (Å²) in [4.78, 5) is 13.0. The van der Waals surface area contributed by atoms with Crippen LogP contribution in [0.1, 0.15) is 35.6 Å². The normalized spacial score (nSPS) is 13.5. The molecule has 0 saturated heterocycles. The van der Waals surface area contributed by atoms with Gasteiger partial charge >= 0.3 is 6.18 Å². The van der Waals surface area contributed by atoms with Crippen molar-refractivity contribution in [2.24, 2.45) is 7.05 Å². The second-order valence-electron chi connectivity index (χ2n) is 8.91. The van der Waals surface area contributed by atoms with Gasteiger partial charge < -0.3 is 19.4 Å². The fourth-order valence-corrected chi connectivity index (χ4v) is 4.31. The minimum absolute atomic E-state index is 0.196. The lowest BCUT2D eigenvalue weighted by atomic mass is 10.0. The van der Waals surface area contributed by atoms with Gasteiger partial charge in [0, 0.05) is 36.5 Å². The molecule has 1 N–H and O–H groups in total. The maximum absolute atomic E-state index is 13.1. The first-order valence-corrected chi connectivity index (χ1v) is 11.8. The Hall–Kier alpha value is -4.08. The summed E-state index contributed by atoms with van der Waals surface area (Å²) >= 11 is 0. The Kier molecular flexibility index (Phi) is 6.49. The van der Waals surface area contributed by atoms with Crippen LogP contribution in [-0.2, 0) is 19.8 Å². The molecular formula is C27H26F3N5O2. The van der Waals surface area contributed by atoms with Crippen molar-refractivity contribution in [1.29, 1.82) is 0 Å². The molecule has 10 heteroatoms. The maximum atomic E-state index is 13.1. The number of methoxy groups -OCH3 is 2. The average molecular weight is 510 g/mol. The van der Waals surface area contributed by atoms with Crippen LogP contribution < -0.4 is 14.8 Å². The van der Waals surface area contributed by atoms with E-state index in [-0.39, 0.29) is 5.82 Å². The van der Waals surface area contributed by atoms with Crippen LogP contribution in [0.3, 0.4) is 0 Å². The molecule has 7 nitrogen and oxygen atoms in total. The number of ether oxygens (including phenoxy) is 2. The van der Waals surface area contributed by atoms with Crippen molar-refractivity contribution in [3.8, 4) is 34.3 Å². The number of aromatic nitrogens is 4. The largest absolute Gasteiger partial charge is 0.496 e. The van der Waals surface area contributed by atoms with Crippen LogP contribution in [0.2, 0.25) is 0 Å². The van der Waals surface area contributed by atoms with E-state index in [9.17, 15) is 13.2 Å². The van der Waals surface area contributed by atoms with Gasteiger partial charge in [0.05, 0.1) is 20.4 Å². The Morgan fingerprint density at radius 1 is 1.03 bits per heavy atom. The van der Waals surface area contributed by atoms with Crippen molar-refractivity contribution in [2.45, 2.75) is 31.5 Å². The van der Waals surface area contributed by atoms with Crippen LogP contribution in [0, 0.1) is 0 Å². The van der Waals surface area contributed by atoms with Crippen LogP contribution in [0.4, 0.5) is 19.0 Å². The Labute approximate surface area is 212 Å². The van der Waals surface area contributed by atoms with E-state index < -0.39 is 11.9 Å². The number of rotatable bonds is 8. The number of nitrogens with one attached hydrogen (secondary N) is 1. The van der Waals surface area contributed by atoms with Crippen molar-refractivity contribution in [3.05, 3.63) is 71.7 Å². The van der Waals surface area contributed by atoms with Gasteiger partial charge in [-0.05, 0) is 30.4 Å². The summed E-state index contributed by atoms with van der Waals surface area (Å²) in [5.74, 6) is 2.89. The first-order valence-electron chi connectivity index (χ1n) is 11.8. The summed E-state index contributed by atoms with van der Waals surface area (Å²) in [5.41, 5.74) is 2.61. The number of imidazole rings is 1. The van der Waals surface area contributed by atoms with Gasteiger partial charge in [0.2, 0.25) is 0 Å². The molecule has 2 heterocycles. The summed E-state index contributed by atoms with van der Waals surface area (Å²) in [6.07, 6.45) is 0.442.